The lowest BCUT2D eigenvalue weighted by Crippen LogP contribution is -2.36. The molecule has 1 aromatic heterocycles. The fourth-order valence-electron chi connectivity index (χ4n) is 3.89. The van der Waals surface area contributed by atoms with E-state index in [0.717, 1.165) is 31.5 Å². The second-order valence-corrected chi connectivity index (χ2v) is 7.49. The number of amides is 1. The third kappa shape index (κ3) is 4.67. The van der Waals surface area contributed by atoms with Gasteiger partial charge in [0.05, 0.1) is 24.5 Å². The summed E-state index contributed by atoms with van der Waals surface area (Å²) in [5.41, 5.74) is 1.98. The van der Waals surface area contributed by atoms with Crippen LogP contribution in [0.25, 0.3) is 0 Å². The molecule has 0 aliphatic carbocycles. The number of nitrogens with zero attached hydrogens (tertiary/aromatic N) is 3. The van der Waals surface area contributed by atoms with Gasteiger partial charge in [-0.15, -0.1) is 0 Å². The highest BCUT2D eigenvalue weighted by molar-refractivity contribution is 5.98. The van der Waals surface area contributed by atoms with Gasteiger partial charge in [-0.2, -0.15) is 0 Å². The first-order valence-corrected chi connectivity index (χ1v) is 10.3. The number of nitrogens with one attached hydrogen (secondary N) is 1. The topological polar surface area (TPSA) is 57.7 Å². The van der Waals surface area contributed by atoms with Crippen LogP contribution < -0.4 is 10.2 Å². The van der Waals surface area contributed by atoms with E-state index in [9.17, 15) is 9.18 Å². The van der Waals surface area contributed by atoms with Crippen molar-refractivity contribution in [2.75, 3.05) is 49.6 Å². The van der Waals surface area contributed by atoms with Gasteiger partial charge in [-0.1, -0.05) is 6.07 Å². The van der Waals surface area contributed by atoms with Crippen molar-refractivity contribution in [3.63, 3.8) is 0 Å². The average Bonchev–Trinajstić information content (AvgIpc) is 2.78. The standard InChI is InChI=1S/C22H27FN4O2/c23-19-15-17(6-7-20(19)26-11-13-29-14-12-26)16-25-21-18(5-4-8-24-21)22(28)27-9-2-1-3-10-27/h4-8,15H,1-3,9-14,16H2,(H,24,25). The van der Waals surface area contributed by atoms with Gasteiger partial charge in [-0.25, -0.2) is 9.37 Å². The lowest BCUT2D eigenvalue weighted by molar-refractivity contribution is 0.0725. The van der Waals surface area contributed by atoms with Gasteiger partial charge in [0.15, 0.2) is 0 Å². The van der Waals surface area contributed by atoms with Crippen LogP contribution in [0.4, 0.5) is 15.9 Å². The largest absolute Gasteiger partial charge is 0.378 e. The minimum absolute atomic E-state index is 0.00847. The number of piperidine rings is 1. The lowest BCUT2D eigenvalue weighted by Gasteiger charge is -2.29. The summed E-state index contributed by atoms with van der Waals surface area (Å²) >= 11 is 0. The van der Waals surface area contributed by atoms with Crippen molar-refractivity contribution in [1.82, 2.24) is 9.88 Å². The van der Waals surface area contributed by atoms with Crippen molar-refractivity contribution < 1.29 is 13.9 Å². The molecule has 3 heterocycles. The van der Waals surface area contributed by atoms with Gasteiger partial charge >= 0.3 is 0 Å². The monoisotopic (exact) mass is 398 g/mol. The molecule has 154 valence electrons. The molecule has 2 aliphatic rings. The second-order valence-electron chi connectivity index (χ2n) is 7.49. The molecule has 29 heavy (non-hydrogen) atoms. The van der Waals surface area contributed by atoms with Crippen LogP contribution in [0.15, 0.2) is 36.5 Å². The number of rotatable bonds is 5. The van der Waals surface area contributed by atoms with Crippen LogP contribution in [0.1, 0.15) is 35.2 Å². The van der Waals surface area contributed by atoms with Crippen LogP contribution >= 0.6 is 0 Å². The SMILES string of the molecule is O=C(c1cccnc1NCc1ccc(N2CCOCC2)c(F)c1)N1CCCCC1. The molecule has 2 fully saturated rings. The average molecular weight is 398 g/mol. The first-order valence-electron chi connectivity index (χ1n) is 10.3. The summed E-state index contributed by atoms with van der Waals surface area (Å²) in [6.45, 7) is 4.63. The van der Waals surface area contributed by atoms with E-state index < -0.39 is 0 Å². The maximum absolute atomic E-state index is 14.6. The number of hydrogen-bond donors (Lipinski definition) is 1. The number of halogens is 1. The van der Waals surface area contributed by atoms with Crippen LogP contribution in [0.2, 0.25) is 0 Å². The molecule has 0 atom stereocenters. The Hall–Kier alpha value is -2.67. The van der Waals surface area contributed by atoms with E-state index in [4.69, 9.17) is 4.74 Å². The molecular formula is C22H27FN4O2. The molecule has 1 N–H and O–H groups in total. The first kappa shape index (κ1) is 19.6. The molecule has 0 spiro atoms. The maximum Gasteiger partial charge on any atom is 0.257 e. The zero-order valence-corrected chi connectivity index (χ0v) is 16.6. The van der Waals surface area contributed by atoms with Crippen molar-refractivity contribution in [2.24, 2.45) is 0 Å². The van der Waals surface area contributed by atoms with Crippen LogP contribution in [0.5, 0.6) is 0 Å². The summed E-state index contributed by atoms with van der Waals surface area (Å²) in [6.07, 6.45) is 4.93. The van der Waals surface area contributed by atoms with Crippen molar-refractivity contribution in [3.8, 4) is 0 Å². The third-order valence-corrected chi connectivity index (χ3v) is 5.51. The number of carbonyl (C=O) groups is 1. The Labute approximate surface area is 170 Å². The Morgan fingerprint density at radius 3 is 2.66 bits per heavy atom. The first-order chi connectivity index (χ1) is 14.2. The molecule has 7 heteroatoms. The number of benzene rings is 1. The summed E-state index contributed by atoms with van der Waals surface area (Å²) in [4.78, 5) is 21.1. The van der Waals surface area contributed by atoms with E-state index in [1.54, 1.807) is 24.4 Å². The fourth-order valence-corrected chi connectivity index (χ4v) is 3.89. The number of anilines is 2. The highest BCUT2D eigenvalue weighted by atomic mass is 19.1. The molecule has 4 rings (SSSR count). The molecule has 0 saturated carbocycles. The summed E-state index contributed by atoms with van der Waals surface area (Å²) < 4.78 is 20.0. The maximum atomic E-state index is 14.6. The molecule has 0 radical (unpaired) electrons. The summed E-state index contributed by atoms with van der Waals surface area (Å²) in [7, 11) is 0. The molecule has 0 unspecified atom stereocenters. The Morgan fingerprint density at radius 1 is 1.10 bits per heavy atom. The highest BCUT2D eigenvalue weighted by Gasteiger charge is 2.21. The van der Waals surface area contributed by atoms with Gasteiger partial charge in [0.2, 0.25) is 0 Å². The summed E-state index contributed by atoms with van der Waals surface area (Å²) in [5.74, 6) is 0.312. The van der Waals surface area contributed by atoms with Crippen molar-refractivity contribution in [1.29, 1.82) is 0 Å². The Balaban J connectivity index is 1.44. The van der Waals surface area contributed by atoms with Crippen LogP contribution in [0, 0.1) is 5.82 Å². The molecule has 2 aliphatic heterocycles. The Bertz CT molecular complexity index is 848. The predicted octanol–water partition coefficient (Wildman–Crippen LogP) is 3.30. The smallest absolute Gasteiger partial charge is 0.257 e. The van der Waals surface area contributed by atoms with Crippen LogP contribution in [-0.4, -0.2) is 55.2 Å². The highest BCUT2D eigenvalue weighted by Crippen LogP contribution is 2.23. The number of likely N-dealkylation sites (tertiary alicyclic amines) is 1. The molecule has 6 nitrogen and oxygen atoms in total. The molecule has 1 amide bonds. The van der Waals surface area contributed by atoms with Crippen molar-refractivity contribution in [2.45, 2.75) is 25.8 Å². The normalized spacial score (nSPS) is 17.3. The minimum atomic E-state index is -0.239. The third-order valence-electron chi connectivity index (χ3n) is 5.51. The zero-order chi connectivity index (χ0) is 20.1. The second kappa shape index (κ2) is 9.22. The van der Waals surface area contributed by atoms with E-state index in [0.29, 0.717) is 49.9 Å². The van der Waals surface area contributed by atoms with Gasteiger partial charge < -0.3 is 19.9 Å². The van der Waals surface area contributed by atoms with Gasteiger partial charge in [-0.05, 0) is 49.1 Å². The Morgan fingerprint density at radius 2 is 1.90 bits per heavy atom. The zero-order valence-electron chi connectivity index (χ0n) is 16.6. The number of morpholine rings is 1. The molecule has 0 bridgehead atoms. The van der Waals surface area contributed by atoms with Gasteiger partial charge in [-0.3, -0.25) is 4.79 Å². The number of aromatic nitrogens is 1. The van der Waals surface area contributed by atoms with E-state index >= 15 is 0 Å². The van der Waals surface area contributed by atoms with E-state index in [-0.39, 0.29) is 11.7 Å². The number of ether oxygens (including phenoxy) is 1. The quantitative estimate of drug-likeness (QED) is 0.838. The number of hydrogen-bond acceptors (Lipinski definition) is 5. The van der Waals surface area contributed by atoms with Crippen LogP contribution in [0.3, 0.4) is 0 Å². The summed E-state index contributed by atoms with van der Waals surface area (Å²) in [6, 6.07) is 8.85. The van der Waals surface area contributed by atoms with E-state index in [2.05, 4.69) is 10.3 Å². The molecular weight excluding hydrogens is 371 g/mol. The fraction of sp³-hybridized carbons (Fsp3) is 0.455. The minimum Gasteiger partial charge on any atom is -0.378 e. The molecule has 2 aromatic rings. The molecule has 1 aromatic carbocycles. The molecule has 2 saturated heterocycles. The van der Waals surface area contributed by atoms with Gasteiger partial charge in [0.1, 0.15) is 11.6 Å². The van der Waals surface area contributed by atoms with E-state index in [1.165, 1.54) is 6.42 Å². The van der Waals surface area contributed by atoms with Gasteiger partial charge in [0.25, 0.3) is 5.91 Å². The van der Waals surface area contributed by atoms with Crippen molar-refractivity contribution >= 4 is 17.4 Å². The van der Waals surface area contributed by atoms with E-state index in [1.807, 2.05) is 21.9 Å². The number of pyridine rings is 1. The van der Waals surface area contributed by atoms with Crippen molar-refractivity contribution in [3.05, 3.63) is 53.5 Å². The summed E-state index contributed by atoms with van der Waals surface area (Å²) in [5, 5.41) is 3.22. The predicted molar refractivity (Wildman–Crippen MR) is 111 cm³/mol. The van der Waals surface area contributed by atoms with Gasteiger partial charge in [0, 0.05) is 38.9 Å². The van der Waals surface area contributed by atoms with Crippen LogP contribution in [-0.2, 0) is 11.3 Å². The Kier molecular flexibility index (Phi) is 6.24. The number of carbonyl (C=O) groups excluding carboxylic acids is 1. The lowest BCUT2D eigenvalue weighted by atomic mass is 10.1.